The lowest BCUT2D eigenvalue weighted by molar-refractivity contribution is -0.113. The number of anilines is 1. The molecule has 4 rings (SSSR count). The van der Waals surface area contributed by atoms with E-state index in [1.54, 1.807) is 22.8 Å². The lowest BCUT2D eigenvalue weighted by Crippen LogP contribution is -2.20. The molecule has 9 heteroatoms. The average molecular weight is 504 g/mol. The highest BCUT2D eigenvalue weighted by molar-refractivity contribution is 9.10. The molecule has 0 saturated carbocycles. The summed E-state index contributed by atoms with van der Waals surface area (Å²) in [5, 5.41) is 2.60. The Morgan fingerprint density at radius 3 is 2.71 bits per heavy atom. The summed E-state index contributed by atoms with van der Waals surface area (Å²) in [5.41, 5.74) is 1.16. The summed E-state index contributed by atoms with van der Waals surface area (Å²) in [6.45, 7) is 0.316. The largest absolute Gasteiger partial charge is 0.342 e. The first-order valence-electron chi connectivity index (χ1n) is 9.22. The number of carbonyl (C=O) groups excluding carboxylic acids is 1. The maximum Gasteiger partial charge on any atom is 0.238 e. The summed E-state index contributed by atoms with van der Waals surface area (Å²) in [6.07, 6.45) is 3.03. The first kappa shape index (κ1) is 21.3. The van der Waals surface area contributed by atoms with Crippen LogP contribution >= 0.6 is 15.9 Å². The fourth-order valence-corrected chi connectivity index (χ4v) is 4.84. The van der Waals surface area contributed by atoms with Crippen LogP contribution in [0.15, 0.2) is 76.4 Å². The molecule has 0 aliphatic rings. The molecule has 2 aromatic carbocycles. The van der Waals surface area contributed by atoms with Crippen LogP contribution in [0.4, 0.5) is 14.6 Å². The predicted molar refractivity (Wildman–Crippen MR) is 119 cm³/mol. The van der Waals surface area contributed by atoms with Crippen LogP contribution in [0, 0.1) is 11.6 Å². The molecule has 0 saturated heterocycles. The number of rotatable bonds is 6. The zero-order valence-corrected chi connectivity index (χ0v) is 18.4. The number of nitrogens with zero attached hydrogens (tertiary/aromatic N) is 2. The van der Waals surface area contributed by atoms with Crippen LogP contribution in [-0.2, 0) is 22.1 Å². The van der Waals surface area contributed by atoms with Crippen molar-refractivity contribution in [2.24, 2.45) is 0 Å². The number of amides is 1. The number of nitrogens with one attached hydrogen (secondary N) is 1. The van der Waals surface area contributed by atoms with Crippen molar-refractivity contribution >= 4 is 49.4 Å². The zero-order valence-electron chi connectivity index (χ0n) is 16.0. The second-order valence-electron chi connectivity index (χ2n) is 6.79. The predicted octanol–water partition coefficient (Wildman–Crippen LogP) is 4.87. The Morgan fingerprint density at radius 1 is 1.13 bits per heavy atom. The van der Waals surface area contributed by atoms with Crippen LogP contribution in [0.1, 0.15) is 5.56 Å². The number of carbonyl (C=O) groups is 1. The van der Waals surface area contributed by atoms with Gasteiger partial charge in [-0.2, -0.15) is 0 Å². The van der Waals surface area contributed by atoms with E-state index in [1.165, 1.54) is 18.5 Å². The van der Waals surface area contributed by atoms with Crippen LogP contribution in [0.3, 0.4) is 0 Å². The van der Waals surface area contributed by atoms with E-state index in [9.17, 15) is 17.8 Å². The molecule has 2 aromatic heterocycles. The van der Waals surface area contributed by atoms with E-state index in [4.69, 9.17) is 0 Å². The summed E-state index contributed by atoms with van der Waals surface area (Å²) < 4.78 is 44.1. The van der Waals surface area contributed by atoms with Crippen molar-refractivity contribution in [2.75, 3.05) is 11.1 Å². The van der Waals surface area contributed by atoms with Gasteiger partial charge in [0.15, 0.2) is 0 Å². The molecule has 2 heterocycles. The van der Waals surface area contributed by atoms with Crippen LogP contribution in [0.2, 0.25) is 0 Å². The Kier molecular flexibility index (Phi) is 6.24. The van der Waals surface area contributed by atoms with Crippen molar-refractivity contribution < 1.29 is 17.8 Å². The molecule has 0 radical (unpaired) electrons. The lowest BCUT2D eigenvalue weighted by atomic mass is 10.2. The second-order valence-corrected chi connectivity index (χ2v) is 9.12. The summed E-state index contributed by atoms with van der Waals surface area (Å²) in [7, 11) is -1.85. The standard InChI is InChI=1S/C22H16BrF2N3O2S/c23-15-5-3-4-14(8-15)11-28-12-19(22-17(25)9-16(24)10-18(22)28)31(30)13-21(29)27-20-6-1-2-7-26-20/h1-10,12H,11,13H2,(H,26,27,29). The Hall–Kier alpha value is -2.91. The summed E-state index contributed by atoms with van der Waals surface area (Å²) in [6, 6.07) is 14.5. The number of fused-ring (bicyclic) bond motifs is 1. The molecule has 5 nitrogen and oxygen atoms in total. The minimum atomic E-state index is -1.85. The van der Waals surface area contributed by atoms with Crippen molar-refractivity contribution in [3.63, 3.8) is 0 Å². The molecule has 0 aliphatic carbocycles. The van der Waals surface area contributed by atoms with Gasteiger partial charge in [-0.1, -0.05) is 34.1 Å². The van der Waals surface area contributed by atoms with Crippen LogP contribution in [-0.4, -0.2) is 25.4 Å². The van der Waals surface area contributed by atoms with Gasteiger partial charge in [0.05, 0.1) is 26.6 Å². The SMILES string of the molecule is O=C(CS(=O)c1cn(Cc2cccc(Br)c2)c2cc(F)cc(F)c12)Nc1ccccn1. The topological polar surface area (TPSA) is 64.0 Å². The van der Waals surface area contributed by atoms with E-state index in [1.807, 2.05) is 24.3 Å². The quantitative estimate of drug-likeness (QED) is 0.408. The highest BCUT2D eigenvalue weighted by atomic mass is 79.9. The van der Waals surface area contributed by atoms with Crippen molar-refractivity contribution in [1.82, 2.24) is 9.55 Å². The first-order valence-corrected chi connectivity index (χ1v) is 11.3. The molecule has 31 heavy (non-hydrogen) atoms. The fraction of sp³-hybridized carbons (Fsp3) is 0.0909. The van der Waals surface area contributed by atoms with E-state index in [2.05, 4.69) is 26.2 Å². The fourth-order valence-electron chi connectivity index (χ4n) is 3.25. The normalized spacial score (nSPS) is 12.1. The van der Waals surface area contributed by atoms with Gasteiger partial charge in [-0.05, 0) is 35.9 Å². The smallest absolute Gasteiger partial charge is 0.238 e. The number of hydrogen-bond donors (Lipinski definition) is 1. The van der Waals surface area contributed by atoms with E-state index >= 15 is 0 Å². The molecular formula is C22H16BrF2N3O2S. The third kappa shape index (κ3) is 4.88. The number of hydrogen-bond acceptors (Lipinski definition) is 3. The van der Waals surface area contributed by atoms with Gasteiger partial charge in [0.25, 0.3) is 0 Å². The highest BCUT2D eigenvalue weighted by Gasteiger charge is 2.21. The monoisotopic (exact) mass is 503 g/mol. The maximum absolute atomic E-state index is 14.7. The second kappa shape index (κ2) is 9.07. The molecular weight excluding hydrogens is 488 g/mol. The lowest BCUT2D eigenvalue weighted by Gasteiger charge is -2.06. The van der Waals surface area contributed by atoms with Crippen molar-refractivity contribution in [2.45, 2.75) is 11.4 Å². The van der Waals surface area contributed by atoms with Gasteiger partial charge in [-0.25, -0.2) is 13.8 Å². The first-order chi connectivity index (χ1) is 14.9. The van der Waals surface area contributed by atoms with E-state index in [-0.39, 0.29) is 21.6 Å². The molecule has 1 unspecified atom stereocenters. The number of benzene rings is 2. The van der Waals surface area contributed by atoms with Crippen LogP contribution in [0.5, 0.6) is 0 Å². The van der Waals surface area contributed by atoms with Crippen LogP contribution in [0.25, 0.3) is 10.9 Å². The Balaban J connectivity index is 1.67. The molecule has 0 fully saturated rings. The van der Waals surface area contributed by atoms with Crippen molar-refractivity contribution in [3.8, 4) is 0 Å². The number of pyridine rings is 1. The van der Waals surface area contributed by atoms with Gasteiger partial charge in [-0.3, -0.25) is 9.00 Å². The molecule has 0 aliphatic heterocycles. The summed E-state index contributed by atoms with van der Waals surface area (Å²) in [5.74, 6) is -2.13. The zero-order chi connectivity index (χ0) is 22.0. The third-order valence-corrected chi connectivity index (χ3v) is 6.36. The van der Waals surface area contributed by atoms with Gasteiger partial charge < -0.3 is 9.88 Å². The van der Waals surface area contributed by atoms with Gasteiger partial charge >= 0.3 is 0 Å². The highest BCUT2D eigenvalue weighted by Crippen LogP contribution is 2.29. The van der Waals surface area contributed by atoms with Gasteiger partial charge in [0.2, 0.25) is 5.91 Å². The van der Waals surface area contributed by atoms with E-state index in [0.717, 1.165) is 16.1 Å². The molecule has 1 N–H and O–H groups in total. The minimum absolute atomic E-state index is 0.0420. The van der Waals surface area contributed by atoms with E-state index in [0.29, 0.717) is 12.4 Å². The molecule has 4 aromatic rings. The minimum Gasteiger partial charge on any atom is -0.342 e. The molecule has 0 bridgehead atoms. The van der Waals surface area contributed by atoms with Crippen molar-refractivity contribution in [3.05, 3.63) is 88.7 Å². The van der Waals surface area contributed by atoms with E-state index < -0.39 is 28.3 Å². The Morgan fingerprint density at radius 2 is 1.97 bits per heavy atom. The molecule has 1 atom stereocenters. The van der Waals surface area contributed by atoms with Crippen LogP contribution < -0.4 is 5.32 Å². The Bertz CT molecular complexity index is 1290. The van der Waals surface area contributed by atoms with Gasteiger partial charge in [0.1, 0.15) is 23.2 Å². The summed E-state index contributed by atoms with van der Waals surface area (Å²) >= 11 is 3.40. The van der Waals surface area contributed by atoms with Gasteiger partial charge in [0, 0.05) is 29.5 Å². The Labute approximate surface area is 187 Å². The molecule has 0 spiro atoms. The van der Waals surface area contributed by atoms with Gasteiger partial charge in [-0.15, -0.1) is 0 Å². The maximum atomic E-state index is 14.7. The summed E-state index contributed by atoms with van der Waals surface area (Å²) in [4.78, 5) is 16.4. The van der Waals surface area contributed by atoms with Crippen molar-refractivity contribution in [1.29, 1.82) is 0 Å². The number of aromatic nitrogens is 2. The molecule has 158 valence electrons. The molecule has 1 amide bonds. The number of halogens is 3. The average Bonchev–Trinajstić information content (AvgIpc) is 3.07. The third-order valence-electron chi connectivity index (χ3n) is 4.54.